The Morgan fingerprint density at radius 3 is 2.75 bits per heavy atom. The number of benzene rings is 3. The first-order valence-corrected chi connectivity index (χ1v) is 13.0. The summed E-state index contributed by atoms with van der Waals surface area (Å²) in [6.07, 6.45) is 10.3. The van der Waals surface area contributed by atoms with Crippen molar-refractivity contribution in [1.29, 1.82) is 5.26 Å². The van der Waals surface area contributed by atoms with Crippen LogP contribution >= 0.6 is 0 Å². The van der Waals surface area contributed by atoms with E-state index in [1.807, 2.05) is 36.4 Å². The Bertz CT molecular complexity index is 1330. The molecule has 0 radical (unpaired) electrons. The van der Waals surface area contributed by atoms with Crippen LogP contribution in [0.15, 0.2) is 60.7 Å². The molecule has 3 aromatic carbocycles. The standard InChI is InChI=1S/C31H32FN3O/c32-29-12-10-24-6-2-3-7-27(24)28(29)11-13-30(36)34-31(15-4-1-5-16-31)17-19-35-18-14-25-20-23(21-33)8-9-26(25)22-35/h2-3,6-13,20H,1,4-5,14-19,22H2,(H,34,36)/b13-11+. The summed E-state index contributed by atoms with van der Waals surface area (Å²) in [5.41, 5.74) is 3.52. The number of fused-ring (bicyclic) bond motifs is 2. The van der Waals surface area contributed by atoms with E-state index in [4.69, 9.17) is 5.26 Å². The number of nitrogens with zero attached hydrogens (tertiary/aromatic N) is 2. The lowest BCUT2D eigenvalue weighted by molar-refractivity contribution is -0.118. The first kappa shape index (κ1) is 24.2. The van der Waals surface area contributed by atoms with Gasteiger partial charge < -0.3 is 5.32 Å². The lowest BCUT2D eigenvalue weighted by Crippen LogP contribution is -2.51. The molecule has 3 aromatic rings. The second-order valence-electron chi connectivity index (χ2n) is 10.2. The number of halogens is 1. The van der Waals surface area contributed by atoms with Crippen molar-refractivity contribution in [3.63, 3.8) is 0 Å². The number of carbonyl (C=O) groups excluding carboxylic acids is 1. The SMILES string of the molecule is N#Cc1ccc2c(c1)CCN(CCC1(NC(=O)/C=C/c3c(F)ccc4ccccc34)CCCCC1)C2. The molecular weight excluding hydrogens is 449 g/mol. The molecule has 0 bridgehead atoms. The van der Waals surface area contributed by atoms with Gasteiger partial charge in [-0.1, -0.05) is 55.7 Å². The Balaban J connectivity index is 1.26. The lowest BCUT2D eigenvalue weighted by Gasteiger charge is -2.40. The Kier molecular flexibility index (Phi) is 7.16. The summed E-state index contributed by atoms with van der Waals surface area (Å²) < 4.78 is 14.6. The van der Waals surface area contributed by atoms with E-state index in [2.05, 4.69) is 22.4 Å². The zero-order chi connectivity index (χ0) is 25.0. The molecule has 4 nitrogen and oxygen atoms in total. The van der Waals surface area contributed by atoms with Crippen molar-refractivity contribution in [2.75, 3.05) is 13.1 Å². The first-order chi connectivity index (χ1) is 17.5. The lowest BCUT2D eigenvalue weighted by atomic mass is 9.79. The molecule has 1 N–H and O–H groups in total. The van der Waals surface area contributed by atoms with Crippen LogP contribution in [0.1, 0.15) is 60.8 Å². The van der Waals surface area contributed by atoms with Crippen LogP contribution in [0.4, 0.5) is 4.39 Å². The number of amides is 1. The van der Waals surface area contributed by atoms with Crippen LogP contribution in [0.2, 0.25) is 0 Å². The molecule has 36 heavy (non-hydrogen) atoms. The summed E-state index contributed by atoms with van der Waals surface area (Å²) in [5, 5.41) is 14.3. The number of carbonyl (C=O) groups is 1. The summed E-state index contributed by atoms with van der Waals surface area (Å²) in [6, 6.07) is 19.1. The van der Waals surface area contributed by atoms with Crippen LogP contribution in [0.5, 0.6) is 0 Å². The number of nitriles is 1. The van der Waals surface area contributed by atoms with Crippen LogP contribution < -0.4 is 5.32 Å². The normalized spacial score (nSPS) is 17.6. The average molecular weight is 482 g/mol. The summed E-state index contributed by atoms with van der Waals surface area (Å²) in [7, 11) is 0. The Morgan fingerprint density at radius 1 is 1.08 bits per heavy atom. The van der Waals surface area contributed by atoms with Crippen molar-refractivity contribution in [2.45, 2.75) is 57.0 Å². The minimum absolute atomic E-state index is 0.155. The van der Waals surface area contributed by atoms with E-state index in [1.165, 1.54) is 29.7 Å². The van der Waals surface area contributed by atoms with Gasteiger partial charge in [0.05, 0.1) is 11.6 Å². The molecule has 0 spiro atoms. The van der Waals surface area contributed by atoms with Crippen LogP contribution in [0, 0.1) is 17.1 Å². The highest BCUT2D eigenvalue weighted by atomic mass is 19.1. The number of hydrogen-bond donors (Lipinski definition) is 1. The van der Waals surface area contributed by atoms with Gasteiger partial charge in [0.25, 0.3) is 0 Å². The van der Waals surface area contributed by atoms with E-state index >= 15 is 0 Å². The van der Waals surface area contributed by atoms with Gasteiger partial charge in [-0.25, -0.2) is 4.39 Å². The molecule has 2 aliphatic rings. The van der Waals surface area contributed by atoms with Gasteiger partial charge in [0.2, 0.25) is 5.91 Å². The number of rotatable bonds is 6. The quantitative estimate of drug-likeness (QED) is 0.431. The molecule has 0 unspecified atom stereocenters. The fraction of sp³-hybridized carbons (Fsp3) is 0.355. The zero-order valence-corrected chi connectivity index (χ0v) is 20.6. The third kappa shape index (κ3) is 5.34. The number of hydrogen-bond acceptors (Lipinski definition) is 3. The first-order valence-electron chi connectivity index (χ1n) is 13.0. The van der Waals surface area contributed by atoms with Crippen molar-refractivity contribution < 1.29 is 9.18 Å². The van der Waals surface area contributed by atoms with Crippen LogP contribution in [0.3, 0.4) is 0 Å². The molecule has 5 heteroatoms. The average Bonchev–Trinajstić information content (AvgIpc) is 2.91. The van der Waals surface area contributed by atoms with Crippen LogP contribution in [-0.2, 0) is 17.8 Å². The molecule has 1 aliphatic carbocycles. The molecule has 0 saturated heterocycles. The van der Waals surface area contributed by atoms with E-state index in [9.17, 15) is 9.18 Å². The third-order valence-electron chi connectivity index (χ3n) is 7.85. The van der Waals surface area contributed by atoms with Crippen molar-refractivity contribution in [3.05, 3.63) is 88.7 Å². The van der Waals surface area contributed by atoms with E-state index in [0.717, 1.165) is 74.5 Å². The molecule has 1 amide bonds. The predicted octanol–water partition coefficient (Wildman–Crippen LogP) is 6.13. The van der Waals surface area contributed by atoms with Crippen molar-refractivity contribution >= 4 is 22.8 Å². The fourth-order valence-corrected chi connectivity index (χ4v) is 5.81. The van der Waals surface area contributed by atoms with Gasteiger partial charge in [-0.05, 0) is 71.9 Å². The minimum Gasteiger partial charge on any atom is -0.347 e. The second kappa shape index (κ2) is 10.6. The van der Waals surface area contributed by atoms with Gasteiger partial charge in [-0.15, -0.1) is 0 Å². The maximum Gasteiger partial charge on any atom is 0.244 e. The van der Waals surface area contributed by atoms with E-state index < -0.39 is 0 Å². The molecule has 1 aliphatic heterocycles. The minimum atomic E-state index is -0.322. The van der Waals surface area contributed by atoms with Crippen molar-refractivity contribution in [2.24, 2.45) is 0 Å². The Labute approximate surface area is 212 Å². The van der Waals surface area contributed by atoms with Crippen molar-refractivity contribution in [1.82, 2.24) is 10.2 Å². The van der Waals surface area contributed by atoms with Gasteiger partial charge in [0.15, 0.2) is 0 Å². The molecule has 1 fully saturated rings. The van der Waals surface area contributed by atoms with Gasteiger partial charge in [-0.2, -0.15) is 5.26 Å². The van der Waals surface area contributed by atoms with Gasteiger partial charge in [0.1, 0.15) is 5.82 Å². The molecule has 5 rings (SSSR count). The smallest absolute Gasteiger partial charge is 0.244 e. The maximum absolute atomic E-state index is 14.6. The summed E-state index contributed by atoms with van der Waals surface area (Å²) in [4.78, 5) is 15.5. The zero-order valence-electron chi connectivity index (χ0n) is 20.6. The molecule has 0 atom stereocenters. The topological polar surface area (TPSA) is 56.1 Å². The fourth-order valence-electron chi connectivity index (χ4n) is 5.81. The molecular formula is C31H32FN3O. The maximum atomic E-state index is 14.6. The predicted molar refractivity (Wildman–Crippen MR) is 142 cm³/mol. The van der Waals surface area contributed by atoms with Gasteiger partial charge in [-0.3, -0.25) is 9.69 Å². The van der Waals surface area contributed by atoms with Gasteiger partial charge in [0, 0.05) is 36.8 Å². The summed E-state index contributed by atoms with van der Waals surface area (Å²) in [6.45, 7) is 2.76. The van der Waals surface area contributed by atoms with Gasteiger partial charge >= 0.3 is 0 Å². The van der Waals surface area contributed by atoms with Crippen LogP contribution in [-0.4, -0.2) is 29.4 Å². The summed E-state index contributed by atoms with van der Waals surface area (Å²) >= 11 is 0. The molecule has 184 valence electrons. The Hall–Kier alpha value is -3.49. The van der Waals surface area contributed by atoms with Crippen LogP contribution in [0.25, 0.3) is 16.8 Å². The molecule has 1 heterocycles. The Morgan fingerprint density at radius 2 is 1.92 bits per heavy atom. The van der Waals surface area contributed by atoms with Crippen molar-refractivity contribution in [3.8, 4) is 6.07 Å². The molecule has 1 saturated carbocycles. The largest absolute Gasteiger partial charge is 0.347 e. The molecule has 0 aromatic heterocycles. The second-order valence-corrected chi connectivity index (χ2v) is 10.2. The third-order valence-corrected chi connectivity index (χ3v) is 7.85. The highest BCUT2D eigenvalue weighted by molar-refractivity contribution is 5.97. The summed E-state index contributed by atoms with van der Waals surface area (Å²) in [5.74, 6) is -0.477. The van der Waals surface area contributed by atoms with E-state index in [0.29, 0.717) is 5.56 Å². The monoisotopic (exact) mass is 481 g/mol. The highest BCUT2D eigenvalue weighted by Crippen LogP contribution is 2.32. The van der Waals surface area contributed by atoms with E-state index in [-0.39, 0.29) is 17.3 Å². The number of nitrogens with one attached hydrogen (secondary N) is 1. The van der Waals surface area contributed by atoms with E-state index in [1.54, 1.807) is 12.1 Å². The highest BCUT2D eigenvalue weighted by Gasteiger charge is 2.33.